The first-order valence-electron chi connectivity index (χ1n) is 4.43. The summed E-state index contributed by atoms with van der Waals surface area (Å²) in [6.07, 6.45) is 0.852. The smallest absolute Gasteiger partial charge is 0.0582 e. The number of aliphatic hydroxyl groups excluding tert-OH is 1. The number of rotatable bonds is 1. The van der Waals surface area contributed by atoms with Crippen LogP contribution in [0, 0.1) is 0 Å². The van der Waals surface area contributed by atoms with Crippen molar-refractivity contribution in [3.8, 4) is 0 Å². The molecule has 0 atom stereocenters. The van der Waals surface area contributed by atoms with Crippen LogP contribution in [-0.4, -0.2) is 11.2 Å². The van der Waals surface area contributed by atoms with Gasteiger partial charge in [-0.25, -0.2) is 0 Å². The van der Waals surface area contributed by atoms with E-state index in [9.17, 15) is 5.11 Å². The average Bonchev–Trinajstić information content (AvgIpc) is 1.99. The van der Waals surface area contributed by atoms with E-state index in [4.69, 9.17) is 28.9 Å². The van der Waals surface area contributed by atoms with Crippen LogP contribution < -0.4 is 5.73 Å². The first-order valence-corrected chi connectivity index (χ1v) is 5.19. The summed E-state index contributed by atoms with van der Waals surface area (Å²) in [4.78, 5) is 0. The van der Waals surface area contributed by atoms with E-state index in [0.29, 0.717) is 22.9 Å². The summed E-state index contributed by atoms with van der Waals surface area (Å²) in [5, 5.41) is 10.4. The number of hydrogen-bond donors (Lipinski definition) is 2. The van der Waals surface area contributed by atoms with Gasteiger partial charge in [0.2, 0.25) is 0 Å². The molecule has 0 radical (unpaired) electrons. The third kappa shape index (κ3) is 1.75. The molecule has 1 aromatic rings. The molecule has 0 saturated heterocycles. The van der Waals surface area contributed by atoms with Gasteiger partial charge in [0, 0.05) is 15.6 Å². The molecule has 0 bridgehead atoms. The first kappa shape index (κ1) is 10.2. The summed E-state index contributed by atoms with van der Waals surface area (Å²) in [5.41, 5.74) is 6.53. The van der Waals surface area contributed by atoms with E-state index in [1.807, 2.05) is 0 Å². The Morgan fingerprint density at radius 1 is 1.21 bits per heavy atom. The van der Waals surface area contributed by atoms with Gasteiger partial charge in [-0.1, -0.05) is 23.2 Å². The predicted molar refractivity (Wildman–Crippen MR) is 57.6 cm³/mol. The van der Waals surface area contributed by atoms with Crippen molar-refractivity contribution >= 4 is 23.2 Å². The largest absolute Gasteiger partial charge is 0.393 e. The van der Waals surface area contributed by atoms with Crippen LogP contribution in [0.3, 0.4) is 0 Å². The normalized spacial score (nSPS) is 31.3. The van der Waals surface area contributed by atoms with E-state index in [1.54, 1.807) is 18.2 Å². The number of aliphatic hydroxyl groups is 1. The first-order chi connectivity index (χ1) is 6.49. The molecule has 1 aliphatic rings. The number of hydrogen-bond acceptors (Lipinski definition) is 2. The molecule has 1 fully saturated rings. The van der Waals surface area contributed by atoms with Gasteiger partial charge in [0.15, 0.2) is 0 Å². The molecule has 2 nitrogen and oxygen atoms in total. The van der Waals surface area contributed by atoms with Crippen LogP contribution in [0.2, 0.25) is 10.0 Å². The maximum atomic E-state index is 9.24. The second kappa shape index (κ2) is 3.38. The van der Waals surface area contributed by atoms with E-state index in [0.717, 1.165) is 5.56 Å². The molecule has 1 aliphatic carbocycles. The molecule has 0 aromatic heterocycles. The second-order valence-electron chi connectivity index (χ2n) is 3.88. The van der Waals surface area contributed by atoms with Crippen LogP contribution in [0.4, 0.5) is 0 Å². The molecule has 14 heavy (non-hydrogen) atoms. The van der Waals surface area contributed by atoms with Gasteiger partial charge in [-0.2, -0.15) is 0 Å². The minimum absolute atomic E-state index is 0.294. The van der Waals surface area contributed by atoms with Crippen molar-refractivity contribution < 1.29 is 5.11 Å². The molecule has 3 N–H and O–H groups in total. The summed E-state index contributed by atoms with van der Waals surface area (Å²) in [5.74, 6) is 0. The fourth-order valence-electron chi connectivity index (χ4n) is 1.86. The van der Waals surface area contributed by atoms with Crippen LogP contribution in [0.1, 0.15) is 18.4 Å². The lowest BCUT2D eigenvalue weighted by Crippen LogP contribution is -2.51. The molecular formula is C10H11Cl2NO. The molecule has 0 heterocycles. The van der Waals surface area contributed by atoms with Crippen LogP contribution >= 0.6 is 23.2 Å². The zero-order chi connectivity index (χ0) is 10.3. The lowest BCUT2D eigenvalue weighted by Gasteiger charge is -2.42. The highest BCUT2D eigenvalue weighted by Gasteiger charge is 2.41. The topological polar surface area (TPSA) is 46.2 Å². The van der Waals surface area contributed by atoms with Gasteiger partial charge in [-0.05, 0) is 36.6 Å². The van der Waals surface area contributed by atoms with E-state index < -0.39 is 5.54 Å². The predicted octanol–water partition coefficient (Wildman–Crippen LogP) is 2.30. The molecule has 0 unspecified atom stereocenters. The quantitative estimate of drug-likeness (QED) is 0.780. The molecule has 1 aromatic carbocycles. The van der Waals surface area contributed by atoms with Crippen molar-refractivity contribution in [1.82, 2.24) is 0 Å². The van der Waals surface area contributed by atoms with Gasteiger partial charge in [-0.15, -0.1) is 0 Å². The Morgan fingerprint density at radius 3 is 2.14 bits per heavy atom. The summed E-state index contributed by atoms with van der Waals surface area (Å²) in [6, 6.07) is 5.28. The Morgan fingerprint density at radius 2 is 1.71 bits per heavy atom. The molecule has 76 valence electrons. The number of halogens is 2. The summed E-state index contributed by atoms with van der Waals surface area (Å²) < 4.78 is 0. The SMILES string of the molecule is NC1(c2cc(Cl)cc(Cl)c2)CC(O)C1. The van der Waals surface area contributed by atoms with E-state index >= 15 is 0 Å². The van der Waals surface area contributed by atoms with Crippen LogP contribution in [0.25, 0.3) is 0 Å². The Labute approximate surface area is 92.6 Å². The van der Waals surface area contributed by atoms with Gasteiger partial charge in [-0.3, -0.25) is 0 Å². The highest BCUT2D eigenvalue weighted by Crippen LogP contribution is 2.40. The minimum atomic E-state index is -0.450. The van der Waals surface area contributed by atoms with Crippen molar-refractivity contribution in [2.75, 3.05) is 0 Å². The van der Waals surface area contributed by atoms with E-state index in [1.165, 1.54) is 0 Å². The Hall–Kier alpha value is -0.280. The van der Waals surface area contributed by atoms with Gasteiger partial charge in [0.1, 0.15) is 0 Å². The molecule has 2 rings (SSSR count). The lowest BCUT2D eigenvalue weighted by molar-refractivity contribution is 0.0209. The van der Waals surface area contributed by atoms with Crippen molar-refractivity contribution in [2.45, 2.75) is 24.5 Å². The highest BCUT2D eigenvalue weighted by molar-refractivity contribution is 6.34. The van der Waals surface area contributed by atoms with E-state index in [2.05, 4.69) is 0 Å². The molecule has 4 heteroatoms. The Balaban J connectivity index is 2.32. The molecule has 0 amide bonds. The second-order valence-corrected chi connectivity index (χ2v) is 4.75. The van der Waals surface area contributed by atoms with Crippen LogP contribution in [-0.2, 0) is 5.54 Å². The Bertz CT molecular complexity index is 341. The molecule has 0 spiro atoms. The maximum absolute atomic E-state index is 9.24. The molecule has 1 saturated carbocycles. The van der Waals surface area contributed by atoms with Crippen molar-refractivity contribution in [3.05, 3.63) is 33.8 Å². The van der Waals surface area contributed by atoms with Gasteiger partial charge in [0.25, 0.3) is 0 Å². The fourth-order valence-corrected chi connectivity index (χ4v) is 2.38. The maximum Gasteiger partial charge on any atom is 0.0582 e. The van der Waals surface area contributed by atoms with Crippen molar-refractivity contribution in [2.24, 2.45) is 5.73 Å². The summed E-state index contributed by atoms with van der Waals surface area (Å²) in [7, 11) is 0. The molecule has 0 aliphatic heterocycles. The van der Waals surface area contributed by atoms with Gasteiger partial charge in [0.05, 0.1) is 6.10 Å². The monoisotopic (exact) mass is 231 g/mol. The Kier molecular flexibility index (Phi) is 2.48. The third-order valence-corrected chi connectivity index (χ3v) is 3.07. The number of benzene rings is 1. The minimum Gasteiger partial charge on any atom is -0.393 e. The van der Waals surface area contributed by atoms with Crippen molar-refractivity contribution in [3.63, 3.8) is 0 Å². The zero-order valence-electron chi connectivity index (χ0n) is 7.50. The standard InChI is InChI=1S/C10H11Cl2NO/c11-7-1-6(2-8(12)3-7)10(13)4-9(14)5-10/h1-3,9,14H,4-5,13H2. The summed E-state index contributed by atoms with van der Waals surface area (Å²) in [6.45, 7) is 0. The third-order valence-electron chi connectivity index (χ3n) is 2.64. The number of nitrogens with two attached hydrogens (primary N) is 1. The van der Waals surface area contributed by atoms with Gasteiger partial charge < -0.3 is 10.8 Å². The average molecular weight is 232 g/mol. The van der Waals surface area contributed by atoms with Crippen LogP contribution in [0.5, 0.6) is 0 Å². The zero-order valence-corrected chi connectivity index (χ0v) is 9.02. The van der Waals surface area contributed by atoms with Crippen LogP contribution in [0.15, 0.2) is 18.2 Å². The lowest BCUT2D eigenvalue weighted by atomic mass is 9.71. The molecular weight excluding hydrogens is 221 g/mol. The van der Waals surface area contributed by atoms with Crippen molar-refractivity contribution in [1.29, 1.82) is 0 Å². The highest BCUT2D eigenvalue weighted by atomic mass is 35.5. The van der Waals surface area contributed by atoms with Gasteiger partial charge >= 0.3 is 0 Å². The van der Waals surface area contributed by atoms with E-state index in [-0.39, 0.29) is 6.10 Å². The fraction of sp³-hybridized carbons (Fsp3) is 0.400. The summed E-state index contributed by atoms with van der Waals surface area (Å²) >= 11 is 11.7.